The van der Waals surface area contributed by atoms with Gasteiger partial charge in [0.05, 0.1) is 12.2 Å². The Bertz CT molecular complexity index is 261. The molecular formula is C9H13NO3. The molecule has 4 heteroatoms. The molecule has 0 saturated carbocycles. The van der Waals surface area contributed by atoms with E-state index in [4.69, 9.17) is 4.74 Å². The van der Waals surface area contributed by atoms with Crippen LogP contribution in [-0.4, -0.2) is 29.6 Å². The zero-order valence-corrected chi connectivity index (χ0v) is 8.03. The molecule has 1 aliphatic rings. The lowest BCUT2D eigenvalue weighted by Gasteiger charge is -2.29. The molecule has 0 unspecified atom stereocenters. The zero-order valence-electron chi connectivity index (χ0n) is 8.03. The number of carbonyl (C=O) groups is 1. The van der Waals surface area contributed by atoms with Crippen molar-refractivity contribution in [1.82, 2.24) is 4.90 Å². The van der Waals surface area contributed by atoms with Gasteiger partial charge in [0.2, 0.25) is 0 Å². The monoisotopic (exact) mass is 183 g/mol. The van der Waals surface area contributed by atoms with E-state index in [-0.39, 0.29) is 11.5 Å². The van der Waals surface area contributed by atoms with Crippen LogP contribution in [0.25, 0.3) is 0 Å². The average Bonchev–Trinajstić information content (AvgIpc) is 2.32. The molecule has 0 aromatic heterocycles. The molecule has 1 rings (SSSR count). The van der Waals surface area contributed by atoms with Crippen LogP contribution < -0.4 is 0 Å². The van der Waals surface area contributed by atoms with E-state index in [1.807, 2.05) is 20.8 Å². The highest BCUT2D eigenvalue weighted by molar-refractivity contribution is 5.73. The van der Waals surface area contributed by atoms with E-state index in [0.717, 1.165) is 6.20 Å². The van der Waals surface area contributed by atoms with Gasteiger partial charge < -0.3 is 4.74 Å². The Labute approximate surface area is 77.2 Å². The second-order valence-electron chi connectivity index (χ2n) is 4.11. The first-order valence-electron chi connectivity index (χ1n) is 4.13. The minimum Gasteiger partial charge on any atom is -0.447 e. The summed E-state index contributed by atoms with van der Waals surface area (Å²) < 4.78 is 4.83. The first kappa shape index (κ1) is 9.81. The first-order valence-corrected chi connectivity index (χ1v) is 4.13. The van der Waals surface area contributed by atoms with Crippen LogP contribution >= 0.6 is 0 Å². The van der Waals surface area contributed by atoms with Gasteiger partial charge in [-0.15, -0.1) is 0 Å². The summed E-state index contributed by atoms with van der Waals surface area (Å²) in [7, 11) is 0. The highest BCUT2D eigenvalue weighted by Crippen LogP contribution is 2.29. The number of cyclic esters (lactones) is 1. The molecule has 72 valence electrons. The lowest BCUT2D eigenvalue weighted by Crippen LogP contribution is -2.39. The quantitative estimate of drug-likeness (QED) is 0.574. The van der Waals surface area contributed by atoms with Crippen molar-refractivity contribution in [3.63, 3.8) is 0 Å². The molecule has 0 aromatic carbocycles. The topological polar surface area (TPSA) is 46.6 Å². The van der Waals surface area contributed by atoms with Crippen molar-refractivity contribution < 1.29 is 14.3 Å². The van der Waals surface area contributed by atoms with Crippen LogP contribution in [0.4, 0.5) is 4.79 Å². The average molecular weight is 183 g/mol. The summed E-state index contributed by atoms with van der Waals surface area (Å²) in [6, 6.07) is -0.0820. The Morgan fingerprint density at radius 2 is 2.23 bits per heavy atom. The summed E-state index contributed by atoms with van der Waals surface area (Å²) in [5.41, 5.74) is -0.0977. The number of amides is 1. The molecule has 1 heterocycles. The fourth-order valence-electron chi connectivity index (χ4n) is 1.30. The fraction of sp³-hybridized carbons (Fsp3) is 0.667. The van der Waals surface area contributed by atoms with E-state index in [2.05, 4.69) is 0 Å². The van der Waals surface area contributed by atoms with E-state index in [1.165, 1.54) is 4.90 Å². The van der Waals surface area contributed by atoms with Crippen molar-refractivity contribution in [2.45, 2.75) is 26.8 Å². The van der Waals surface area contributed by atoms with Gasteiger partial charge in [-0.3, -0.25) is 4.90 Å². The van der Waals surface area contributed by atoms with Gasteiger partial charge in [0.1, 0.15) is 12.5 Å². The Kier molecular flexibility index (Phi) is 2.43. The van der Waals surface area contributed by atoms with Crippen LogP contribution in [0.5, 0.6) is 0 Å². The van der Waals surface area contributed by atoms with Crippen molar-refractivity contribution in [2.24, 2.45) is 5.41 Å². The van der Waals surface area contributed by atoms with E-state index >= 15 is 0 Å². The molecule has 1 amide bonds. The van der Waals surface area contributed by atoms with Crippen LogP contribution in [0, 0.1) is 5.41 Å². The maximum atomic E-state index is 11.1. The number of nitrogens with zero attached hydrogens (tertiary/aromatic N) is 1. The van der Waals surface area contributed by atoms with E-state index < -0.39 is 6.09 Å². The number of carbonyl (C=O) groups excluding carboxylic acids is 2. The molecule has 0 bridgehead atoms. The van der Waals surface area contributed by atoms with Crippen molar-refractivity contribution in [3.05, 3.63) is 6.20 Å². The molecule has 0 N–H and O–H groups in total. The fourth-order valence-corrected chi connectivity index (χ4v) is 1.30. The summed E-state index contributed by atoms with van der Waals surface area (Å²) in [5, 5.41) is 0. The Hall–Kier alpha value is -1.28. The molecule has 13 heavy (non-hydrogen) atoms. The first-order chi connectivity index (χ1) is 5.96. The SMILES string of the molecule is CC(C)(C)[C@H]1COC(=O)N1C=C=O. The molecule has 4 nitrogen and oxygen atoms in total. The highest BCUT2D eigenvalue weighted by Gasteiger charge is 2.39. The summed E-state index contributed by atoms with van der Waals surface area (Å²) in [6.45, 7) is 6.31. The minimum atomic E-state index is -0.469. The molecule has 1 fully saturated rings. The molecule has 0 aromatic rings. The number of hydrogen-bond donors (Lipinski definition) is 0. The normalized spacial score (nSPS) is 22.5. The van der Waals surface area contributed by atoms with Gasteiger partial charge in [0.25, 0.3) is 0 Å². The van der Waals surface area contributed by atoms with Crippen LogP contribution in [0.1, 0.15) is 20.8 Å². The van der Waals surface area contributed by atoms with Crippen LogP contribution in [-0.2, 0) is 9.53 Å². The largest absolute Gasteiger partial charge is 0.447 e. The number of rotatable bonds is 1. The van der Waals surface area contributed by atoms with E-state index in [1.54, 1.807) is 5.94 Å². The van der Waals surface area contributed by atoms with Gasteiger partial charge in [-0.25, -0.2) is 9.59 Å². The third-order valence-corrected chi connectivity index (χ3v) is 2.10. The maximum Gasteiger partial charge on any atom is 0.414 e. The molecule has 1 aliphatic heterocycles. The predicted molar refractivity (Wildman–Crippen MR) is 46.7 cm³/mol. The van der Waals surface area contributed by atoms with Gasteiger partial charge in [0, 0.05) is 0 Å². The minimum absolute atomic E-state index is 0.0820. The van der Waals surface area contributed by atoms with Crippen molar-refractivity contribution in [2.75, 3.05) is 6.61 Å². The van der Waals surface area contributed by atoms with Gasteiger partial charge in [-0.05, 0) is 5.41 Å². The van der Waals surface area contributed by atoms with Crippen molar-refractivity contribution in [3.8, 4) is 0 Å². The molecule has 0 radical (unpaired) electrons. The van der Waals surface area contributed by atoms with Crippen LogP contribution in [0.2, 0.25) is 0 Å². The standard InChI is InChI=1S/C9H13NO3/c1-9(2,3)7-6-13-8(12)10(7)4-5-11/h4,7H,6H2,1-3H3/t7-/m1/s1. The smallest absolute Gasteiger partial charge is 0.414 e. The molecule has 0 aliphatic carbocycles. The van der Waals surface area contributed by atoms with Gasteiger partial charge >= 0.3 is 6.09 Å². The summed E-state index contributed by atoms with van der Waals surface area (Å²) in [5.74, 6) is 1.59. The van der Waals surface area contributed by atoms with Crippen LogP contribution in [0.15, 0.2) is 6.20 Å². The zero-order chi connectivity index (χ0) is 10.1. The Morgan fingerprint density at radius 1 is 1.62 bits per heavy atom. The number of ether oxygens (including phenoxy) is 1. The van der Waals surface area contributed by atoms with Gasteiger partial charge in [-0.1, -0.05) is 20.8 Å². The van der Waals surface area contributed by atoms with E-state index in [9.17, 15) is 9.59 Å². The second kappa shape index (κ2) is 3.23. The van der Waals surface area contributed by atoms with Crippen molar-refractivity contribution >= 4 is 12.0 Å². The van der Waals surface area contributed by atoms with E-state index in [0.29, 0.717) is 6.61 Å². The van der Waals surface area contributed by atoms with Gasteiger partial charge in [0.15, 0.2) is 0 Å². The Morgan fingerprint density at radius 3 is 2.69 bits per heavy atom. The Balaban J connectivity index is 2.87. The highest BCUT2D eigenvalue weighted by atomic mass is 16.6. The third kappa shape index (κ3) is 1.90. The predicted octanol–water partition coefficient (Wildman–Crippen LogP) is 1.20. The third-order valence-electron chi connectivity index (χ3n) is 2.10. The molecule has 0 spiro atoms. The maximum absolute atomic E-state index is 11.1. The summed E-state index contributed by atoms with van der Waals surface area (Å²) >= 11 is 0. The van der Waals surface area contributed by atoms with Crippen LogP contribution in [0.3, 0.4) is 0 Å². The molecular weight excluding hydrogens is 170 g/mol. The molecule has 1 saturated heterocycles. The second-order valence-corrected chi connectivity index (χ2v) is 4.11. The van der Waals surface area contributed by atoms with Crippen molar-refractivity contribution in [1.29, 1.82) is 0 Å². The lowest BCUT2D eigenvalue weighted by molar-refractivity contribution is 0.166. The number of hydrogen-bond acceptors (Lipinski definition) is 3. The molecule has 1 atom stereocenters. The summed E-state index contributed by atoms with van der Waals surface area (Å²) in [6.07, 6.45) is 0.633. The summed E-state index contributed by atoms with van der Waals surface area (Å²) in [4.78, 5) is 22.6. The lowest BCUT2D eigenvalue weighted by atomic mass is 9.87. The van der Waals surface area contributed by atoms with Gasteiger partial charge in [-0.2, -0.15) is 0 Å².